The van der Waals surface area contributed by atoms with Crippen LogP contribution >= 0.6 is 0 Å². The lowest BCUT2D eigenvalue weighted by atomic mass is 10.1. The second-order valence-corrected chi connectivity index (χ2v) is 4.20. The Balaban J connectivity index is 2.29. The minimum Gasteiger partial charge on any atom is -0.426 e. The highest BCUT2D eigenvalue weighted by molar-refractivity contribution is 5.70. The van der Waals surface area contributed by atoms with Crippen LogP contribution in [0.2, 0.25) is 0 Å². The van der Waals surface area contributed by atoms with E-state index in [1.807, 2.05) is 43.3 Å². The van der Waals surface area contributed by atoms with Gasteiger partial charge in [-0.1, -0.05) is 18.2 Å². The van der Waals surface area contributed by atoms with E-state index in [9.17, 15) is 4.79 Å². The zero-order valence-corrected chi connectivity index (χ0v) is 10.5. The zero-order chi connectivity index (χ0) is 13.0. The summed E-state index contributed by atoms with van der Waals surface area (Å²) in [5.74, 6) is 0.316. The molecular formula is C15H15NO2. The van der Waals surface area contributed by atoms with E-state index in [-0.39, 0.29) is 5.97 Å². The molecule has 1 heterocycles. The molecule has 0 unspecified atom stereocenters. The fraction of sp³-hybridized carbons (Fsp3) is 0.200. The van der Waals surface area contributed by atoms with Crippen molar-refractivity contribution in [2.75, 3.05) is 0 Å². The van der Waals surface area contributed by atoms with E-state index >= 15 is 0 Å². The monoisotopic (exact) mass is 241 g/mol. The fourth-order valence-electron chi connectivity index (χ4n) is 1.76. The first-order valence-corrected chi connectivity index (χ1v) is 5.83. The molecule has 0 radical (unpaired) electrons. The number of esters is 1. The highest BCUT2D eigenvalue weighted by atomic mass is 16.5. The zero-order valence-electron chi connectivity index (χ0n) is 10.5. The van der Waals surface area contributed by atoms with E-state index in [1.54, 1.807) is 6.20 Å². The Labute approximate surface area is 106 Å². The number of nitrogens with zero attached hydrogens (tertiary/aromatic N) is 1. The number of aryl methyl sites for hydroxylation is 1. The Bertz CT molecular complexity index is 550. The van der Waals surface area contributed by atoms with Crippen molar-refractivity contribution in [1.82, 2.24) is 4.98 Å². The molecule has 0 aliphatic heterocycles. The van der Waals surface area contributed by atoms with Gasteiger partial charge in [-0.05, 0) is 30.7 Å². The lowest BCUT2D eigenvalue weighted by Gasteiger charge is -2.09. The van der Waals surface area contributed by atoms with E-state index in [4.69, 9.17) is 4.74 Å². The average Bonchev–Trinajstić information content (AvgIpc) is 2.33. The summed E-state index contributed by atoms with van der Waals surface area (Å²) in [6, 6.07) is 11.6. The lowest BCUT2D eigenvalue weighted by molar-refractivity contribution is -0.131. The topological polar surface area (TPSA) is 39.2 Å². The molecule has 1 aromatic carbocycles. The minimum absolute atomic E-state index is 0.303. The molecule has 0 amide bonds. The largest absolute Gasteiger partial charge is 0.426 e. The van der Waals surface area contributed by atoms with Crippen LogP contribution in [0.1, 0.15) is 23.7 Å². The van der Waals surface area contributed by atoms with Crippen LogP contribution in [0.3, 0.4) is 0 Å². The van der Waals surface area contributed by atoms with Crippen LogP contribution in [0.15, 0.2) is 42.6 Å². The smallest absolute Gasteiger partial charge is 0.308 e. The van der Waals surface area contributed by atoms with Crippen molar-refractivity contribution in [2.24, 2.45) is 0 Å². The van der Waals surface area contributed by atoms with Gasteiger partial charge in [0.15, 0.2) is 0 Å². The molecule has 0 aliphatic rings. The number of carbonyl (C=O) groups excluding carboxylic acids is 1. The summed E-state index contributed by atoms with van der Waals surface area (Å²) in [6.07, 6.45) is 2.42. The van der Waals surface area contributed by atoms with Crippen molar-refractivity contribution in [3.05, 3.63) is 59.4 Å². The summed E-state index contributed by atoms with van der Waals surface area (Å²) in [5.41, 5.74) is 2.99. The quantitative estimate of drug-likeness (QED) is 0.612. The van der Waals surface area contributed by atoms with Gasteiger partial charge in [0.25, 0.3) is 0 Å². The average molecular weight is 241 g/mol. The Hall–Kier alpha value is -2.16. The predicted octanol–water partition coefficient (Wildman–Crippen LogP) is 2.91. The van der Waals surface area contributed by atoms with Gasteiger partial charge < -0.3 is 4.74 Å². The third-order valence-corrected chi connectivity index (χ3v) is 2.57. The molecule has 0 bridgehead atoms. The van der Waals surface area contributed by atoms with Crippen molar-refractivity contribution in [1.29, 1.82) is 0 Å². The molecule has 0 N–H and O–H groups in total. The first kappa shape index (κ1) is 12.3. The van der Waals surface area contributed by atoms with Crippen LogP contribution in [0.4, 0.5) is 0 Å². The highest BCUT2D eigenvalue weighted by Crippen LogP contribution is 2.22. The molecule has 2 rings (SSSR count). The van der Waals surface area contributed by atoms with Crippen LogP contribution in [0.25, 0.3) is 0 Å². The maximum atomic E-state index is 11.1. The lowest BCUT2D eigenvalue weighted by Crippen LogP contribution is -2.05. The van der Waals surface area contributed by atoms with Crippen LogP contribution in [-0.2, 0) is 11.2 Å². The molecule has 92 valence electrons. The number of hydrogen-bond donors (Lipinski definition) is 0. The molecular weight excluding hydrogens is 226 g/mol. The second kappa shape index (κ2) is 5.45. The first-order chi connectivity index (χ1) is 8.65. The van der Waals surface area contributed by atoms with E-state index in [1.165, 1.54) is 6.92 Å². The molecule has 0 atom stereocenters. The molecule has 18 heavy (non-hydrogen) atoms. The Kier molecular flexibility index (Phi) is 3.72. The van der Waals surface area contributed by atoms with Gasteiger partial charge in [0, 0.05) is 30.8 Å². The van der Waals surface area contributed by atoms with Crippen LogP contribution < -0.4 is 4.74 Å². The Morgan fingerprint density at radius 1 is 1.28 bits per heavy atom. The van der Waals surface area contributed by atoms with Gasteiger partial charge in [0.05, 0.1) is 0 Å². The van der Waals surface area contributed by atoms with Gasteiger partial charge in [-0.3, -0.25) is 9.78 Å². The maximum Gasteiger partial charge on any atom is 0.308 e. The maximum absolute atomic E-state index is 11.1. The summed E-state index contributed by atoms with van der Waals surface area (Å²) in [6.45, 7) is 3.38. The van der Waals surface area contributed by atoms with Crippen LogP contribution in [-0.4, -0.2) is 11.0 Å². The van der Waals surface area contributed by atoms with Crippen LogP contribution in [0, 0.1) is 6.92 Å². The summed E-state index contributed by atoms with van der Waals surface area (Å²) in [5, 5.41) is 0. The van der Waals surface area contributed by atoms with E-state index in [0.29, 0.717) is 12.2 Å². The molecule has 0 spiro atoms. The molecule has 3 nitrogen and oxygen atoms in total. The molecule has 0 saturated carbocycles. The number of rotatable bonds is 3. The van der Waals surface area contributed by atoms with Crippen molar-refractivity contribution < 1.29 is 9.53 Å². The Morgan fingerprint density at radius 2 is 2.11 bits per heavy atom. The minimum atomic E-state index is -0.303. The summed E-state index contributed by atoms with van der Waals surface area (Å²) in [7, 11) is 0. The van der Waals surface area contributed by atoms with Crippen molar-refractivity contribution in [3.63, 3.8) is 0 Å². The van der Waals surface area contributed by atoms with Crippen LogP contribution in [0.5, 0.6) is 5.75 Å². The molecule has 2 aromatic rings. The number of pyridine rings is 1. The summed E-state index contributed by atoms with van der Waals surface area (Å²) in [4.78, 5) is 15.4. The van der Waals surface area contributed by atoms with Gasteiger partial charge in [-0.25, -0.2) is 0 Å². The third-order valence-electron chi connectivity index (χ3n) is 2.57. The van der Waals surface area contributed by atoms with E-state index in [0.717, 1.165) is 16.8 Å². The van der Waals surface area contributed by atoms with Gasteiger partial charge in [-0.2, -0.15) is 0 Å². The Morgan fingerprint density at radius 3 is 2.78 bits per heavy atom. The summed E-state index contributed by atoms with van der Waals surface area (Å²) < 4.78 is 5.23. The molecule has 1 aromatic heterocycles. The normalized spacial score (nSPS) is 10.1. The number of ether oxygens (including phenoxy) is 1. The summed E-state index contributed by atoms with van der Waals surface area (Å²) >= 11 is 0. The fourth-order valence-corrected chi connectivity index (χ4v) is 1.76. The van der Waals surface area contributed by atoms with E-state index in [2.05, 4.69) is 4.98 Å². The SMILES string of the molecule is CC(=O)Oc1cc(C)ccc1Cc1ccccn1. The number of benzene rings is 1. The molecule has 0 saturated heterocycles. The van der Waals surface area contributed by atoms with E-state index < -0.39 is 0 Å². The van der Waals surface area contributed by atoms with Crippen molar-refractivity contribution in [3.8, 4) is 5.75 Å². The molecule has 0 fully saturated rings. The van der Waals surface area contributed by atoms with Gasteiger partial charge in [0.2, 0.25) is 0 Å². The molecule has 0 aliphatic carbocycles. The highest BCUT2D eigenvalue weighted by Gasteiger charge is 2.08. The number of carbonyl (C=O) groups is 1. The third kappa shape index (κ3) is 3.17. The van der Waals surface area contributed by atoms with Gasteiger partial charge >= 0.3 is 5.97 Å². The second-order valence-electron chi connectivity index (χ2n) is 4.20. The number of hydrogen-bond acceptors (Lipinski definition) is 3. The van der Waals surface area contributed by atoms with Crippen molar-refractivity contribution >= 4 is 5.97 Å². The van der Waals surface area contributed by atoms with Gasteiger partial charge in [-0.15, -0.1) is 0 Å². The first-order valence-electron chi connectivity index (χ1n) is 5.83. The number of aromatic nitrogens is 1. The predicted molar refractivity (Wildman–Crippen MR) is 69.5 cm³/mol. The standard InChI is InChI=1S/C15H15NO2/c1-11-6-7-13(15(9-11)18-12(2)17)10-14-5-3-4-8-16-14/h3-9H,10H2,1-2H3. The molecule has 3 heteroatoms. The van der Waals surface area contributed by atoms with Gasteiger partial charge in [0.1, 0.15) is 5.75 Å². The van der Waals surface area contributed by atoms with Crippen molar-refractivity contribution in [2.45, 2.75) is 20.3 Å².